The fourth-order valence-corrected chi connectivity index (χ4v) is 3.41. The van der Waals surface area contributed by atoms with E-state index in [1.54, 1.807) is 11.8 Å². The van der Waals surface area contributed by atoms with E-state index in [0.717, 1.165) is 48.0 Å². The summed E-state index contributed by atoms with van der Waals surface area (Å²) in [6.07, 6.45) is 5.39. The highest BCUT2D eigenvalue weighted by molar-refractivity contribution is 7.99. The van der Waals surface area contributed by atoms with Crippen molar-refractivity contribution in [3.8, 4) is 0 Å². The Kier molecular flexibility index (Phi) is 4.05. The molecule has 0 radical (unpaired) electrons. The smallest absolute Gasteiger partial charge is 0.188 e. The summed E-state index contributed by atoms with van der Waals surface area (Å²) in [6.45, 7) is 3.96. The van der Waals surface area contributed by atoms with Crippen LogP contribution in [0.15, 0.2) is 11.2 Å². The first-order valence-corrected chi connectivity index (χ1v) is 7.23. The van der Waals surface area contributed by atoms with Crippen LogP contribution in [0.25, 0.3) is 0 Å². The number of hydrogen-bond acceptors (Lipinski definition) is 4. The Hall–Kier alpha value is -0.610. The summed E-state index contributed by atoms with van der Waals surface area (Å²) in [5.41, 5.74) is 1.50. The quantitative estimate of drug-likeness (QED) is 0.663. The molecule has 1 saturated carbocycles. The molecule has 1 aliphatic rings. The van der Waals surface area contributed by atoms with E-state index in [0.29, 0.717) is 0 Å². The van der Waals surface area contributed by atoms with Gasteiger partial charge >= 0.3 is 0 Å². The highest BCUT2D eigenvalue weighted by Crippen LogP contribution is 2.32. The lowest BCUT2D eigenvalue weighted by molar-refractivity contribution is 0.0272. The molecule has 2 rings (SSSR count). The second kappa shape index (κ2) is 5.36. The van der Waals surface area contributed by atoms with E-state index < -0.39 is 5.60 Å². The van der Waals surface area contributed by atoms with Gasteiger partial charge in [-0.25, -0.2) is 9.97 Å². The van der Waals surface area contributed by atoms with E-state index in [1.165, 1.54) is 6.42 Å². The van der Waals surface area contributed by atoms with Crippen LogP contribution >= 0.6 is 11.8 Å². The van der Waals surface area contributed by atoms with Gasteiger partial charge in [0.1, 0.15) is 0 Å². The molecule has 17 heavy (non-hydrogen) atoms. The summed E-state index contributed by atoms with van der Waals surface area (Å²) in [4.78, 5) is 8.78. The van der Waals surface area contributed by atoms with Crippen LogP contribution in [0.3, 0.4) is 0 Å². The molecule has 1 aliphatic carbocycles. The molecule has 0 aliphatic heterocycles. The van der Waals surface area contributed by atoms with Gasteiger partial charge in [-0.2, -0.15) is 0 Å². The number of aliphatic hydroxyl groups is 1. The SMILES string of the molecule is Cc1cc(C)nc(SCC2(O)CCCCC2)n1. The van der Waals surface area contributed by atoms with Crippen LogP contribution in [-0.4, -0.2) is 26.4 Å². The standard InChI is InChI=1S/C13H20N2OS/c1-10-8-11(2)15-12(14-10)17-9-13(16)6-4-3-5-7-13/h8,16H,3-7,9H2,1-2H3. The lowest BCUT2D eigenvalue weighted by Crippen LogP contribution is -2.34. The Bertz CT molecular complexity index is 369. The summed E-state index contributed by atoms with van der Waals surface area (Å²) in [5, 5.41) is 11.2. The van der Waals surface area contributed by atoms with Gasteiger partial charge in [0.05, 0.1) is 5.60 Å². The van der Waals surface area contributed by atoms with Crippen LogP contribution in [0, 0.1) is 13.8 Å². The highest BCUT2D eigenvalue weighted by atomic mass is 32.2. The predicted octanol–water partition coefficient (Wildman–Crippen LogP) is 2.88. The molecule has 1 N–H and O–H groups in total. The van der Waals surface area contributed by atoms with Gasteiger partial charge < -0.3 is 5.11 Å². The van der Waals surface area contributed by atoms with Crippen LogP contribution in [0.1, 0.15) is 43.5 Å². The topological polar surface area (TPSA) is 46.0 Å². The Morgan fingerprint density at radius 3 is 2.35 bits per heavy atom. The van der Waals surface area contributed by atoms with Gasteiger partial charge in [0.15, 0.2) is 5.16 Å². The number of rotatable bonds is 3. The molecule has 1 heterocycles. The van der Waals surface area contributed by atoms with Gasteiger partial charge in [-0.3, -0.25) is 0 Å². The summed E-state index contributed by atoms with van der Waals surface area (Å²) in [5.74, 6) is 0.718. The molecular formula is C13H20N2OS. The molecule has 3 nitrogen and oxygen atoms in total. The number of nitrogens with zero attached hydrogens (tertiary/aromatic N) is 2. The van der Waals surface area contributed by atoms with E-state index >= 15 is 0 Å². The molecule has 1 fully saturated rings. The van der Waals surface area contributed by atoms with Crippen molar-refractivity contribution in [2.45, 2.75) is 56.7 Å². The zero-order chi connectivity index (χ0) is 12.3. The van der Waals surface area contributed by atoms with Gasteiger partial charge in [-0.15, -0.1) is 0 Å². The van der Waals surface area contributed by atoms with Crippen LogP contribution in [0.4, 0.5) is 0 Å². The van der Waals surface area contributed by atoms with Crippen molar-refractivity contribution >= 4 is 11.8 Å². The molecule has 0 saturated heterocycles. The van der Waals surface area contributed by atoms with Crippen molar-refractivity contribution in [1.82, 2.24) is 9.97 Å². The van der Waals surface area contributed by atoms with Crippen LogP contribution < -0.4 is 0 Å². The molecular weight excluding hydrogens is 232 g/mol. The van der Waals surface area contributed by atoms with Crippen LogP contribution in [0.2, 0.25) is 0 Å². The fraction of sp³-hybridized carbons (Fsp3) is 0.692. The van der Waals surface area contributed by atoms with Crippen molar-refractivity contribution < 1.29 is 5.11 Å². The van der Waals surface area contributed by atoms with Crippen molar-refractivity contribution in [3.63, 3.8) is 0 Å². The molecule has 4 heteroatoms. The highest BCUT2D eigenvalue weighted by Gasteiger charge is 2.29. The first-order chi connectivity index (χ1) is 8.07. The largest absolute Gasteiger partial charge is 0.389 e. The molecule has 0 unspecified atom stereocenters. The average Bonchev–Trinajstić information content (AvgIpc) is 2.26. The molecule has 0 bridgehead atoms. The molecule has 0 atom stereocenters. The first-order valence-electron chi connectivity index (χ1n) is 6.25. The second-order valence-electron chi connectivity index (χ2n) is 5.01. The van der Waals surface area contributed by atoms with E-state index in [2.05, 4.69) is 9.97 Å². The third kappa shape index (κ3) is 3.68. The second-order valence-corrected chi connectivity index (χ2v) is 5.95. The zero-order valence-electron chi connectivity index (χ0n) is 10.6. The Morgan fingerprint density at radius 2 is 1.76 bits per heavy atom. The molecule has 1 aromatic rings. The minimum Gasteiger partial charge on any atom is -0.389 e. The van der Waals surface area contributed by atoms with Crippen LogP contribution in [-0.2, 0) is 0 Å². The summed E-state index contributed by atoms with van der Waals surface area (Å²) >= 11 is 1.58. The van der Waals surface area contributed by atoms with E-state index in [4.69, 9.17) is 0 Å². The molecule has 0 spiro atoms. The fourth-order valence-electron chi connectivity index (χ4n) is 2.31. The maximum atomic E-state index is 10.4. The van der Waals surface area contributed by atoms with E-state index in [9.17, 15) is 5.11 Å². The van der Waals surface area contributed by atoms with Crippen molar-refractivity contribution in [2.24, 2.45) is 0 Å². The Morgan fingerprint density at radius 1 is 1.18 bits per heavy atom. The maximum Gasteiger partial charge on any atom is 0.188 e. The summed E-state index contributed by atoms with van der Waals surface area (Å²) in [7, 11) is 0. The minimum atomic E-state index is -0.496. The van der Waals surface area contributed by atoms with Gasteiger partial charge in [0.2, 0.25) is 0 Å². The lowest BCUT2D eigenvalue weighted by atomic mass is 9.86. The minimum absolute atomic E-state index is 0.496. The molecule has 94 valence electrons. The monoisotopic (exact) mass is 252 g/mol. The van der Waals surface area contributed by atoms with Crippen molar-refractivity contribution in [3.05, 3.63) is 17.5 Å². The zero-order valence-corrected chi connectivity index (χ0v) is 11.4. The van der Waals surface area contributed by atoms with Crippen molar-refractivity contribution in [2.75, 3.05) is 5.75 Å². The molecule has 0 aromatic carbocycles. The normalized spacial score (nSPS) is 19.2. The number of thioether (sulfide) groups is 1. The van der Waals surface area contributed by atoms with E-state index in [1.807, 2.05) is 19.9 Å². The van der Waals surface area contributed by atoms with Gasteiger partial charge in [-0.05, 0) is 32.8 Å². The Balaban J connectivity index is 1.96. The molecule has 0 amide bonds. The third-order valence-electron chi connectivity index (χ3n) is 3.22. The maximum absolute atomic E-state index is 10.4. The first kappa shape index (κ1) is 12.8. The van der Waals surface area contributed by atoms with Gasteiger partial charge in [0.25, 0.3) is 0 Å². The number of aryl methyl sites for hydroxylation is 2. The van der Waals surface area contributed by atoms with E-state index in [-0.39, 0.29) is 0 Å². The number of hydrogen-bond donors (Lipinski definition) is 1. The predicted molar refractivity (Wildman–Crippen MR) is 70.3 cm³/mol. The van der Waals surface area contributed by atoms with Crippen molar-refractivity contribution in [1.29, 1.82) is 0 Å². The number of aromatic nitrogens is 2. The van der Waals surface area contributed by atoms with Gasteiger partial charge in [0, 0.05) is 17.1 Å². The van der Waals surface area contributed by atoms with Gasteiger partial charge in [-0.1, -0.05) is 31.0 Å². The summed E-state index contributed by atoms with van der Waals surface area (Å²) in [6, 6.07) is 1.97. The lowest BCUT2D eigenvalue weighted by Gasteiger charge is -2.31. The molecule has 1 aromatic heterocycles. The third-order valence-corrected chi connectivity index (χ3v) is 4.34. The van der Waals surface area contributed by atoms with Crippen LogP contribution in [0.5, 0.6) is 0 Å². The average molecular weight is 252 g/mol. The summed E-state index contributed by atoms with van der Waals surface area (Å²) < 4.78 is 0. The Labute approximate surface area is 107 Å².